The zero-order valence-corrected chi connectivity index (χ0v) is 10.5. The number of nitrogens with zero attached hydrogens (tertiary/aromatic N) is 2. The summed E-state index contributed by atoms with van der Waals surface area (Å²) in [4.78, 5) is 15.9. The maximum Gasteiger partial charge on any atom is 0.327 e. The first kappa shape index (κ1) is 12.7. The third kappa shape index (κ3) is 2.24. The van der Waals surface area contributed by atoms with Crippen molar-refractivity contribution in [2.24, 2.45) is 0 Å². The summed E-state index contributed by atoms with van der Waals surface area (Å²) in [6.45, 7) is 6.24. The highest BCUT2D eigenvalue weighted by Gasteiger charge is 2.33. The van der Waals surface area contributed by atoms with Gasteiger partial charge in [-0.2, -0.15) is 0 Å². The van der Waals surface area contributed by atoms with Gasteiger partial charge >= 0.3 is 5.97 Å². The van der Waals surface area contributed by atoms with E-state index in [1.54, 1.807) is 13.4 Å². The molecular weight excluding hydrogens is 206 g/mol. The number of carbonyl (C=O) groups is 1. The number of carbonyl (C=O) groups excluding carboxylic acids is 1. The first-order chi connectivity index (χ1) is 7.44. The maximum absolute atomic E-state index is 11.7. The maximum atomic E-state index is 11.7. The molecule has 16 heavy (non-hydrogen) atoms. The standard InChI is InChI=1S/C11H19N3O2/c1-8-9(2)14(7-13-8)6-11(3,12-4)10(15)16-5/h7,12H,6H2,1-5H3. The first-order valence-corrected chi connectivity index (χ1v) is 5.20. The molecule has 0 saturated carbocycles. The van der Waals surface area contributed by atoms with Crippen LogP contribution in [0.1, 0.15) is 18.3 Å². The summed E-state index contributed by atoms with van der Waals surface area (Å²) in [7, 11) is 3.14. The first-order valence-electron chi connectivity index (χ1n) is 5.20. The largest absolute Gasteiger partial charge is 0.468 e. The van der Waals surface area contributed by atoms with Crippen molar-refractivity contribution in [1.82, 2.24) is 14.9 Å². The van der Waals surface area contributed by atoms with Crippen molar-refractivity contribution in [3.8, 4) is 0 Å². The summed E-state index contributed by atoms with van der Waals surface area (Å²) < 4.78 is 6.74. The molecule has 0 aliphatic carbocycles. The van der Waals surface area contributed by atoms with E-state index in [1.165, 1.54) is 7.11 Å². The molecule has 0 radical (unpaired) electrons. The molecule has 1 unspecified atom stereocenters. The minimum atomic E-state index is -0.730. The minimum Gasteiger partial charge on any atom is -0.468 e. The van der Waals surface area contributed by atoms with Crippen molar-refractivity contribution in [2.45, 2.75) is 32.9 Å². The molecule has 0 spiro atoms. The van der Waals surface area contributed by atoms with E-state index in [4.69, 9.17) is 4.74 Å². The van der Waals surface area contributed by atoms with Crippen LogP contribution in [0.2, 0.25) is 0 Å². The lowest BCUT2D eigenvalue weighted by atomic mass is 10.0. The summed E-state index contributed by atoms with van der Waals surface area (Å²) in [5.41, 5.74) is 1.31. The van der Waals surface area contributed by atoms with Crippen molar-refractivity contribution in [3.05, 3.63) is 17.7 Å². The Hall–Kier alpha value is -1.36. The number of methoxy groups -OCH3 is 1. The van der Waals surface area contributed by atoms with Crippen molar-refractivity contribution in [1.29, 1.82) is 0 Å². The zero-order chi connectivity index (χ0) is 12.3. The van der Waals surface area contributed by atoms with E-state index in [0.29, 0.717) is 6.54 Å². The van der Waals surface area contributed by atoms with E-state index in [0.717, 1.165) is 11.4 Å². The Morgan fingerprint density at radius 1 is 1.62 bits per heavy atom. The van der Waals surface area contributed by atoms with Crippen molar-refractivity contribution in [2.75, 3.05) is 14.2 Å². The van der Waals surface area contributed by atoms with E-state index in [2.05, 4.69) is 10.3 Å². The summed E-state index contributed by atoms with van der Waals surface area (Å²) in [5.74, 6) is -0.277. The van der Waals surface area contributed by atoms with Crippen LogP contribution in [-0.2, 0) is 16.1 Å². The molecule has 0 aliphatic heterocycles. The molecule has 90 valence electrons. The zero-order valence-electron chi connectivity index (χ0n) is 10.5. The molecule has 0 amide bonds. The SMILES string of the molecule is CNC(C)(Cn1cnc(C)c1C)C(=O)OC. The van der Waals surface area contributed by atoms with Gasteiger partial charge in [0, 0.05) is 5.69 Å². The third-order valence-corrected chi connectivity index (χ3v) is 3.02. The molecule has 1 aromatic heterocycles. The Morgan fingerprint density at radius 3 is 2.62 bits per heavy atom. The molecule has 5 heteroatoms. The van der Waals surface area contributed by atoms with Crippen LogP contribution in [-0.4, -0.2) is 35.2 Å². The Labute approximate surface area is 95.8 Å². The van der Waals surface area contributed by atoms with Gasteiger partial charge in [0.1, 0.15) is 5.54 Å². The van der Waals surface area contributed by atoms with Crippen molar-refractivity contribution >= 4 is 5.97 Å². The number of hydrogen-bond donors (Lipinski definition) is 1. The van der Waals surface area contributed by atoms with Crippen LogP contribution in [0, 0.1) is 13.8 Å². The fourth-order valence-electron chi connectivity index (χ4n) is 1.52. The molecule has 5 nitrogen and oxygen atoms in total. The smallest absolute Gasteiger partial charge is 0.327 e. The topological polar surface area (TPSA) is 56.2 Å². The quantitative estimate of drug-likeness (QED) is 0.764. The summed E-state index contributed by atoms with van der Waals surface area (Å²) in [6.07, 6.45) is 1.74. The van der Waals surface area contributed by atoms with Crippen molar-refractivity contribution < 1.29 is 9.53 Å². The molecule has 0 aliphatic rings. The van der Waals surface area contributed by atoms with Gasteiger partial charge in [-0.15, -0.1) is 0 Å². The van der Waals surface area contributed by atoms with Crippen LogP contribution in [0.15, 0.2) is 6.33 Å². The van der Waals surface area contributed by atoms with E-state index in [-0.39, 0.29) is 5.97 Å². The molecule has 1 rings (SSSR count). The minimum absolute atomic E-state index is 0.277. The Kier molecular flexibility index (Phi) is 3.70. The lowest BCUT2D eigenvalue weighted by Crippen LogP contribution is -2.51. The number of aryl methyl sites for hydroxylation is 1. The molecule has 0 bridgehead atoms. The Bertz CT molecular complexity index is 387. The van der Waals surface area contributed by atoms with E-state index >= 15 is 0 Å². The van der Waals surface area contributed by atoms with E-state index in [9.17, 15) is 4.79 Å². The fourth-order valence-corrected chi connectivity index (χ4v) is 1.52. The predicted octanol–water partition coefficient (Wildman–Crippen LogP) is 0.651. The van der Waals surface area contributed by atoms with Gasteiger partial charge in [0.2, 0.25) is 0 Å². The van der Waals surface area contributed by atoms with Gasteiger partial charge in [-0.05, 0) is 27.8 Å². The van der Waals surface area contributed by atoms with Crippen LogP contribution in [0.3, 0.4) is 0 Å². The summed E-state index contributed by atoms with van der Waals surface area (Å²) in [5, 5.41) is 2.99. The molecule has 1 aromatic rings. The molecule has 0 fully saturated rings. The van der Waals surface area contributed by atoms with Crippen LogP contribution >= 0.6 is 0 Å². The number of aromatic nitrogens is 2. The third-order valence-electron chi connectivity index (χ3n) is 3.02. The van der Waals surface area contributed by atoms with Crippen LogP contribution in [0.5, 0.6) is 0 Å². The highest BCUT2D eigenvalue weighted by Crippen LogP contribution is 2.13. The van der Waals surface area contributed by atoms with E-state index in [1.807, 2.05) is 25.3 Å². The predicted molar refractivity (Wildman–Crippen MR) is 61.2 cm³/mol. The highest BCUT2D eigenvalue weighted by atomic mass is 16.5. The summed E-state index contributed by atoms with van der Waals surface area (Å²) in [6, 6.07) is 0. The van der Waals surface area contributed by atoms with Gasteiger partial charge in [-0.1, -0.05) is 0 Å². The summed E-state index contributed by atoms with van der Waals surface area (Å²) >= 11 is 0. The number of hydrogen-bond acceptors (Lipinski definition) is 4. The van der Waals surface area contributed by atoms with Crippen LogP contribution in [0.25, 0.3) is 0 Å². The fraction of sp³-hybridized carbons (Fsp3) is 0.636. The highest BCUT2D eigenvalue weighted by molar-refractivity contribution is 5.80. The molecular formula is C11H19N3O2. The number of rotatable bonds is 4. The number of esters is 1. The normalized spacial score (nSPS) is 14.6. The molecule has 1 atom stereocenters. The van der Waals surface area contributed by atoms with Gasteiger partial charge in [0.05, 0.1) is 25.7 Å². The van der Waals surface area contributed by atoms with Gasteiger partial charge in [-0.25, -0.2) is 9.78 Å². The van der Waals surface area contributed by atoms with Gasteiger partial charge in [-0.3, -0.25) is 0 Å². The molecule has 1 heterocycles. The van der Waals surface area contributed by atoms with Gasteiger partial charge in [0.25, 0.3) is 0 Å². The lowest BCUT2D eigenvalue weighted by molar-refractivity contribution is -0.148. The average Bonchev–Trinajstić information content (AvgIpc) is 2.59. The van der Waals surface area contributed by atoms with Crippen LogP contribution < -0.4 is 5.32 Å². The van der Waals surface area contributed by atoms with Gasteiger partial charge in [0.15, 0.2) is 0 Å². The molecule has 1 N–H and O–H groups in total. The van der Waals surface area contributed by atoms with E-state index < -0.39 is 5.54 Å². The second-order valence-electron chi connectivity index (χ2n) is 4.12. The van der Waals surface area contributed by atoms with Gasteiger partial charge < -0.3 is 14.6 Å². The number of nitrogens with one attached hydrogen (secondary N) is 1. The average molecular weight is 225 g/mol. The number of likely N-dealkylation sites (N-methyl/N-ethyl adjacent to an activating group) is 1. The molecule has 0 saturated heterocycles. The number of imidazole rings is 1. The Morgan fingerprint density at radius 2 is 2.25 bits per heavy atom. The second-order valence-corrected chi connectivity index (χ2v) is 4.12. The Balaban J connectivity index is 2.93. The lowest BCUT2D eigenvalue weighted by Gasteiger charge is -2.26. The van der Waals surface area contributed by atoms with Crippen LogP contribution in [0.4, 0.5) is 0 Å². The van der Waals surface area contributed by atoms with Crippen molar-refractivity contribution in [3.63, 3.8) is 0 Å². The monoisotopic (exact) mass is 225 g/mol. The second kappa shape index (κ2) is 4.65. The molecule has 0 aromatic carbocycles. The number of ether oxygens (including phenoxy) is 1.